The Morgan fingerprint density at radius 3 is 2.57 bits per heavy atom. The van der Waals surface area contributed by atoms with E-state index in [1.807, 2.05) is 6.07 Å². The summed E-state index contributed by atoms with van der Waals surface area (Å²) in [4.78, 5) is 8.70. The van der Waals surface area contributed by atoms with Crippen molar-refractivity contribution >= 4 is 11.6 Å². The SMILES string of the molecule is Cc1cccc(CNc2cc(NC3CCCCCC3)ncn2)c1. The second-order valence-electron chi connectivity index (χ2n) is 6.46. The van der Waals surface area contributed by atoms with Crippen LogP contribution in [-0.4, -0.2) is 16.0 Å². The van der Waals surface area contributed by atoms with E-state index < -0.39 is 0 Å². The molecule has 0 saturated heterocycles. The molecule has 1 aromatic carbocycles. The summed E-state index contributed by atoms with van der Waals surface area (Å²) >= 11 is 0. The number of aryl methyl sites for hydroxylation is 1. The van der Waals surface area contributed by atoms with Crippen LogP contribution in [0.15, 0.2) is 36.7 Å². The second-order valence-corrected chi connectivity index (χ2v) is 6.46. The molecule has 2 N–H and O–H groups in total. The Labute approximate surface area is 138 Å². The number of aromatic nitrogens is 2. The molecular weight excluding hydrogens is 284 g/mol. The monoisotopic (exact) mass is 310 g/mol. The van der Waals surface area contributed by atoms with Crippen molar-refractivity contribution in [2.75, 3.05) is 10.6 Å². The van der Waals surface area contributed by atoms with Crippen molar-refractivity contribution in [2.45, 2.75) is 58.0 Å². The summed E-state index contributed by atoms with van der Waals surface area (Å²) in [5.74, 6) is 1.80. The molecule has 4 nitrogen and oxygen atoms in total. The van der Waals surface area contributed by atoms with Crippen LogP contribution in [0.3, 0.4) is 0 Å². The first-order chi connectivity index (χ1) is 11.3. The van der Waals surface area contributed by atoms with E-state index >= 15 is 0 Å². The van der Waals surface area contributed by atoms with E-state index in [-0.39, 0.29) is 0 Å². The fraction of sp³-hybridized carbons (Fsp3) is 0.474. The lowest BCUT2D eigenvalue weighted by Crippen LogP contribution is -2.19. The smallest absolute Gasteiger partial charge is 0.131 e. The van der Waals surface area contributed by atoms with E-state index in [1.54, 1.807) is 6.33 Å². The van der Waals surface area contributed by atoms with Crippen LogP contribution in [0.1, 0.15) is 49.7 Å². The summed E-state index contributed by atoms with van der Waals surface area (Å²) in [7, 11) is 0. The molecule has 0 radical (unpaired) electrons. The molecule has 0 aliphatic heterocycles. The Morgan fingerprint density at radius 2 is 1.78 bits per heavy atom. The van der Waals surface area contributed by atoms with Crippen LogP contribution in [0.2, 0.25) is 0 Å². The van der Waals surface area contributed by atoms with Crippen LogP contribution < -0.4 is 10.6 Å². The number of nitrogens with zero attached hydrogens (tertiary/aromatic N) is 2. The Kier molecular flexibility index (Phi) is 5.46. The van der Waals surface area contributed by atoms with Crippen LogP contribution in [0.4, 0.5) is 11.6 Å². The highest BCUT2D eigenvalue weighted by Crippen LogP contribution is 2.21. The molecular formula is C19H26N4. The van der Waals surface area contributed by atoms with E-state index in [9.17, 15) is 0 Å². The quantitative estimate of drug-likeness (QED) is 0.797. The molecule has 1 aliphatic rings. The molecule has 3 rings (SSSR count). The van der Waals surface area contributed by atoms with Gasteiger partial charge in [0.05, 0.1) is 0 Å². The highest BCUT2D eigenvalue weighted by Gasteiger charge is 2.12. The van der Waals surface area contributed by atoms with Gasteiger partial charge in [-0.05, 0) is 25.3 Å². The number of hydrogen-bond acceptors (Lipinski definition) is 4. The zero-order chi connectivity index (χ0) is 15.9. The molecule has 0 bridgehead atoms. The molecule has 4 heteroatoms. The van der Waals surface area contributed by atoms with Gasteiger partial charge >= 0.3 is 0 Å². The molecule has 1 fully saturated rings. The third-order valence-electron chi connectivity index (χ3n) is 4.43. The molecule has 0 unspecified atom stereocenters. The predicted octanol–water partition coefficient (Wildman–Crippen LogP) is 4.53. The summed E-state index contributed by atoms with van der Waals surface area (Å²) < 4.78 is 0. The van der Waals surface area contributed by atoms with Gasteiger partial charge in [-0.15, -0.1) is 0 Å². The maximum Gasteiger partial charge on any atom is 0.131 e. The number of anilines is 2. The van der Waals surface area contributed by atoms with Crippen molar-refractivity contribution in [3.05, 3.63) is 47.8 Å². The molecule has 1 saturated carbocycles. The van der Waals surface area contributed by atoms with Gasteiger partial charge in [0.1, 0.15) is 18.0 Å². The third-order valence-corrected chi connectivity index (χ3v) is 4.43. The first-order valence-electron chi connectivity index (χ1n) is 8.67. The number of rotatable bonds is 5. The lowest BCUT2D eigenvalue weighted by atomic mass is 10.1. The molecule has 122 valence electrons. The third kappa shape index (κ3) is 4.95. The van der Waals surface area contributed by atoms with Gasteiger partial charge < -0.3 is 10.6 Å². The molecule has 1 heterocycles. The Morgan fingerprint density at radius 1 is 1.00 bits per heavy atom. The summed E-state index contributed by atoms with van der Waals surface area (Å²) in [6.45, 7) is 2.89. The van der Waals surface area contributed by atoms with Crippen molar-refractivity contribution in [3.8, 4) is 0 Å². The maximum atomic E-state index is 4.37. The Balaban J connectivity index is 1.58. The topological polar surface area (TPSA) is 49.8 Å². The molecule has 1 aromatic heterocycles. The number of hydrogen-bond donors (Lipinski definition) is 2. The zero-order valence-electron chi connectivity index (χ0n) is 13.9. The molecule has 0 amide bonds. The lowest BCUT2D eigenvalue weighted by molar-refractivity contribution is 0.617. The van der Waals surface area contributed by atoms with Crippen LogP contribution in [0.5, 0.6) is 0 Å². The van der Waals surface area contributed by atoms with Gasteiger partial charge in [0, 0.05) is 18.7 Å². The standard InChI is InChI=1S/C19H26N4/c1-15-7-6-8-16(11-15)13-20-18-12-19(22-14-21-18)23-17-9-4-2-3-5-10-17/h6-8,11-12,14,17H,2-5,9-10,13H2,1H3,(H2,20,21,22,23). The van der Waals surface area contributed by atoms with Crippen LogP contribution in [0, 0.1) is 6.92 Å². The summed E-state index contributed by atoms with van der Waals surface area (Å²) in [5.41, 5.74) is 2.55. The maximum absolute atomic E-state index is 4.37. The summed E-state index contributed by atoms with van der Waals surface area (Å²) in [6, 6.07) is 11.1. The highest BCUT2D eigenvalue weighted by atomic mass is 15.1. The van der Waals surface area contributed by atoms with Gasteiger partial charge in [0.2, 0.25) is 0 Å². The first kappa shape index (κ1) is 15.8. The van der Waals surface area contributed by atoms with E-state index in [0.717, 1.165) is 18.2 Å². The van der Waals surface area contributed by atoms with Crippen LogP contribution in [-0.2, 0) is 6.54 Å². The first-order valence-corrected chi connectivity index (χ1v) is 8.67. The van der Waals surface area contributed by atoms with Gasteiger partial charge in [-0.2, -0.15) is 0 Å². The lowest BCUT2D eigenvalue weighted by Gasteiger charge is -2.17. The Bertz CT molecular complexity index is 618. The van der Waals surface area contributed by atoms with Gasteiger partial charge in [-0.25, -0.2) is 9.97 Å². The minimum Gasteiger partial charge on any atom is -0.367 e. The number of benzene rings is 1. The van der Waals surface area contributed by atoms with Gasteiger partial charge in [-0.1, -0.05) is 55.5 Å². The van der Waals surface area contributed by atoms with Crippen molar-refractivity contribution < 1.29 is 0 Å². The van der Waals surface area contributed by atoms with E-state index in [0.29, 0.717) is 6.04 Å². The van der Waals surface area contributed by atoms with Crippen molar-refractivity contribution in [1.29, 1.82) is 0 Å². The van der Waals surface area contributed by atoms with Gasteiger partial charge in [0.15, 0.2) is 0 Å². The van der Waals surface area contributed by atoms with Crippen LogP contribution >= 0.6 is 0 Å². The minimum atomic E-state index is 0.553. The summed E-state index contributed by atoms with van der Waals surface area (Å²) in [5, 5.41) is 6.96. The van der Waals surface area contributed by atoms with E-state index in [1.165, 1.54) is 49.7 Å². The van der Waals surface area contributed by atoms with Crippen molar-refractivity contribution in [3.63, 3.8) is 0 Å². The second kappa shape index (κ2) is 7.95. The van der Waals surface area contributed by atoms with Crippen molar-refractivity contribution in [1.82, 2.24) is 9.97 Å². The fourth-order valence-electron chi connectivity index (χ4n) is 3.18. The normalized spacial score (nSPS) is 15.9. The van der Waals surface area contributed by atoms with Crippen molar-refractivity contribution in [2.24, 2.45) is 0 Å². The number of nitrogens with one attached hydrogen (secondary N) is 2. The minimum absolute atomic E-state index is 0.553. The largest absolute Gasteiger partial charge is 0.367 e. The molecule has 0 atom stereocenters. The van der Waals surface area contributed by atoms with Crippen LogP contribution in [0.25, 0.3) is 0 Å². The fourth-order valence-corrected chi connectivity index (χ4v) is 3.18. The highest BCUT2D eigenvalue weighted by molar-refractivity contribution is 5.47. The van der Waals surface area contributed by atoms with E-state index in [4.69, 9.17) is 0 Å². The van der Waals surface area contributed by atoms with Gasteiger partial charge in [0.25, 0.3) is 0 Å². The van der Waals surface area contributed by atoms with Gasteiger partial charge in [-0.3, -0.25) is 0 Å². The predicted molar refractivity (Wildman–Crippen MR) is 95.7 cm³/mol. The molecule has 23 heavy (non-hydrogen) atoms. The average Bonchev–Trinajstić information content (AvgIpc) is 2.82. The summed E-state index contributed by atoms with van der Waals surface area (Å²) in [6.07, 6.45) is 9.50. The average molecular weight is 310 g/mol. The zero-order valence-corrected chi connectivity index (χ0v) is 13.9. The Hall–Kier alpha value is -2.10. The molecule has 2 aromatic rings. The van der Waals surface area contributed by atoms with E-state index in [2.05, 4.69) is 51.8 Å². The molecule has 1 aliphatic carbocycles. The molecule has 0 spiro atoms.